The molecule has 1 aliphatic rings. The Morgan fingerprint density at radius 2 is 1.57 bits per heavy atom. The molecule has 0 radical (unpaired) electrons. The zero-order chi connectivity index (χ0) is 14.4. The van der Waals surface area contributed by atoms with Crippen molar-refractivity contribution in [3.8, 4) is 0 Å². The summed E-state index contributed by atoms with van der Waals surface area (Å²) in [6, 6.07) is 18.5. The molecule has 0 saturated heterocycles. The topological polar surface area (TPSA) is 46.2 Å². The van der Waals surface area contributed by atoms with Crippen LogP contribution in [0.5, 0.6) is 0 Å². The van der Waals surface area contributed by atoms with Crippen LogP contribution in [0.25, 0.3) is 0 Å². The molecule has 3 rings (SSSR count). The second-order valence-electron chi connectivity index (χ2n) is 6.22. The number of fused-ring (bicyclic) bond motifs is 1. The van der Waals surface area contributed by atoms with Crippen molar-refractivity contribution in [3.05, 3.63) is 71.3 Å². The van der Waals surface area contributed by atoms with Crippen molar-refractivity contribution in [2.45, 2.75) is 25.3 Å². The van der Waals surface area contributed by atoms with Gasteiger partial charge >= 0.3 is 0 Å². The van der Waals surface area contributed by atoms with Crippen molar-refractivity contribution in [3.63, 3.8) is 0 Å². The monoisotopic (exact) mass is 303 g/mol. The summed E-state index contributed by atoms with van der Waals surface area (Å²) in [5.41, 5.74) is 9.52. The number of benzene rings is 2. The van der Waals surface area contributed by atoms with Crippen molar-refractivity contribution >= 4 is 12.4 Å². The fraction of sp³-hybridized carbons (Fsp3) is 0.333. The minimum Gasteiger partial charge on any atom is -0.396 e. The molecule has 1 aliphatic carbocycles. The van der Waals surface area contributed by atoms with Crippen molar-refractivity contribution in [2.75, 3.05) is 6.61 Å². The van der Waals surface area contributed by atoms with Crippen LogP contribution < -0.4 is 5.73 Å². The molecule has 0 fully saturated rings. The van der Waals surface area contributed by atoms with E-state index in [2.05, 4.69) is 38.1 Å². The predicted molar refractivity (Wildman–Crippen MR) is 88.7 cm³/mol. The van der Waals surface area contributed by atoms with Gasteiger partial charge in [-0.3, -0.25) is 0 Å². The molecule has 0 bridgehead atoms. The average molecular weight is 304 g/mol. The Morgan fingerprint density at radius 3 is 2.19 bits per heavy atom. The van der Waals surface area contributed by atoms with Gasteiger partial charge in [0.25, 0.3) is 0 Å². The lowest BCUT2D eigenvalue weighted by Crippen LogP contribution is -2.49. The van der Waals surface area contributed by atoms with Gasteiger partial charge in [0, 0.05) is 11.3 Å². The molecule has 0 aromatic heterocycles. The summed E-state index contributed by atoms with van der Waals surface area (Å²) >= 11 is 0. The molecule has 0 spiro atoms. The maximum Gasteiger partial charge on any atom is 0.0726 e. The van der Waals surface area contributed by atoms with Crippen LogP contribution in [0.4, 0.5) is 0 Å². The molecule has 0 saturated carbocycles. The minimum absolute atomic E-state index is 0. The van der Waals surface area contributed by atoms with E-state index in [0.717, 1.165) is 11.1 Å². The number of hydrogen-bond donors (Lipinski definition) is 2. The number of rotatable bonds is 2. The molecule has 3 heteroatoms. The Bertz CT molecular complexity index is 626. The molecule has 2 aromatic rings. The Hall–Kier alpha value is -1.35. The van der Waals surface area contributed by atoms with Crippen molar-refractivity contribution in [1.82, 2.24) is 0 Å². The van der Waals surface area contributed by atoms with Gasteiger partial charge < -0.3 is 10.8 Å². The first kappa shape index (κ1) is 16.0. The summed E-state index contributed by atoms with van der Waals surface area (Å²) in [7, 11) is 0. The first-order chi connectivity index (χ1) is 9.53. The van der Waals surface area contributed by atoms with Crippen molar-refractivity contribution in [1.29, 1.82) is 0 Å². The van der Waals surface area contributed by atoms with Gasteiger partial charge in [0.15, 0.2) is 0 Å². The third-order valence-corrected chi connectivity index (χ3v) is 5.06. The van der Waals surface area contributed by atoms with Crippen LogP contribution in [-0.4, -0.2) is 11.7 Å². The van der Waals surface area contributed by atoms with E-state index in [4.69, 9.17) is 5.73 Å². The van der Waals surface area contributed by atoms with Gasteiger partial charge in [0.2, 0.25) is 0 Å². The molecule has 2 unspecified atom stereocenters. The number of nitrogens with two attached hydrogens (primary N) is 1. The number of aliphatic hydroxyl groups is 1. The van der Waals surface area contributed by atoms with Gasteiger partial charge in [0.1, 0.15) is 0 Å². The van der Waals surface area contributed by atoms with Gasteiger partial charge in [-0.05, 0) is 16.7 Å². The van der Waals surface area contributed by atoms with Gasteiger partial charge in [-0.15, -0.1) is 12.4 Å². The molecular weight excluding hydrogens is 282 g/mol. The summed E-state index contributed by atoms with van der Waals surface area (Å²) in [6.07, 6.45) is 0. The van der Waals surface area contributed by atoms with Crippen LogP contribution in [0.15, 0.2) is 54.6 Å². The van der Waals surface area contributed by atoms with Crippen LogP contribution in [0.2, 0.25) is 0 Å². The summed E-state index contributed by atoms with van der Waals surface area (Å²) in [5, 5.41) is 9.87. The number of aliphatic hydroxyl groups excluding tert-OH is 1. The quantitative estimate of drug-likeness (QED) is 0.893. The first-order valence-corrected chi connectivity index (χ1v) is 7.08. The highest BCUT2D eigenvalue weighted by atomic mass is 35.5. The van der Waals surface area contributed by atoms with Crippen LogP contribution >= 0.6 is 12.4 Å². The molecule has 112 valence electrons. The normalized spacial score (nSPS) is 26.0. The first-order valence-electron chi connectivity index (χ1n) is 7.08. The maximum atomic E-state index is 9.87. The number of halogens is 1. The smallest absolute Gasteiger partial charge is 0.0726 e. The molecule has 2 atom stereocenters. The largest absolute Gasteiger partial charge is 0.396 e. The SMILES string of the molecule is CC1(C)C(CO)c2ccccc2C1(N)c1ccccc1.Cl. The van der Waals surface area contributed by atoms with E-state index < -0.39 is 5.54 Å². The van der Waals surface area contributed by atoms with Crippen LogP contribution in [0, 0.1) is 5.41 Å². The van der Waals surface area contributed by atoms with E-state index in [1.807, 2.05) is 30.3 Å². The second-order valence-corrected chi connectivity index (χ2v) is 6.22. The van der Waals surface area contributed by atoms with Gasteiger partial charge in [-0.25, -0.2) is 0 Å². The fourth-order valence-electron chi connectivity index (χ4n) is 3.73. The zero-order valence-corrected chi connectivity index (χ0v) is 13.2. The van der Waals surface area contributed by atoms with E-state index in [-0.39, 0.29) is 30.3 Å². The van der Waals surface area contributed by atoms with E-state index in [9.17, 15) is 5.11 Å². The second kappa shape index (κ2) is 5.45. The van der Waals surface area contributed by atoms with Crippen molar-refractivity contribution < 1.29 is 5.11 Å². The van der Waals surface area contributed by atoms with E-state index in [1.165, 1.54) is 5.56 Å². The molecule has 2 nitrogen and oxygen atoms in total. The molecule has 3 N–H and O–H groups in total. The zero-order valence-electron chi connectivity index (χ0n) is 12.4. The highest BCUT2D eigenvalue weighted by molar-refractivity contribution is 5.85. The Labute approximate surface area is 132 Å². The summed E-state index contributed by atoms with van der Waals surface area (Å²) in [6.45, 7) is 4.43. The van der Waals surface area contributed by atoms with E-state index >= 15 is 0 Å². The lowest BCUT2D eigenvalue weighted by Gasteiger charge is -2.42. The third kappa shape index (κ3) is 2.02. The van der Waals surface area contributed by atoms with Crippen molar-refractivity contribution in [2.24, 2.45) is 11.1 Å². The number of hydrogen-bond acceptors (Lipinski definition) is 2. The van der Waals surface area contributed by atoms with Crippen LogP contribution in [-0.2, 0) is 5.54 Å². The average Bonchev–Trinajstić information content (AvgIpc) is 2.65. The minimum atomic E-state index is -0.571. The molecule has 0 amide bonds. The summed E-state index contributed by atoms with van der Waals surface area (Å²) in [5.74, 6) is 0.0592. The van der Waals surface area contributed by atoms with Gasteiger partial charge in [0.05, 0.1) is 12.1 Å². The van der Waals surface area contributed by atoms with Crippen LogP contribution in [0.1, 0.15) is 36.5 Å². The van der Waals surface area contributed by atoms with E-state index in [0.29, 0.717) is 0 Å². The Morgan fingerprint density at radius 1 is 1.00 bits per heavy atom. The lowest BCUT2D eigenvalue weighted by molar-refractivity contribution is 0.131. The molecule has 2 aromatic carbocycles. The van der Waals surface area contributed by atoms with Gasteiger partial charge in [-0.2, -0.15) is 0 Å². The van der Waals surface area contributed by atoms with E-state index in [1.54, 1.807) is 0 Å². The standard InChI is InChI=1S/C18H21NO.ClH/c1-17(2)16(12-20)14-10-6-7-11-15(14)18(17,19)13-8-4-3-5-9-13;/h3-11,16,20H,12,19H2,1-2H3;1H. The maximum absolute atomic E-state index is 9.87. The molecule has 0 heterocycles. The summed E-state index contributed by atoms with van der Waals surface area (Å²) in [4.78, 5) is 0. The fourth-order valence-corrected chi connectivity index (χ4v) is 3.73. The lowest BCUT2D eigenvalue weighted by atomic mass is 9.66. The Balaban J connectivity index is 0.00000161. The molecular formula is C18H22ClNO. The molecule has 21 heavy (non-hydrogen) atoms. The van der Waals surface area contributed by atoms with Crippen LogP contribution in [0.3, 0.4) is 0 Å². The van der Waals surface area contributed by atoms with Gasteiger partial charge in [-0.1, -0.05) is 68.4 Å². The highest BCUT2D eigenvalue weighted by Crippen LogP contribution is 2.58. The Kier molecular flexibility index (Phi) is 4.16. The predicted octanol–water partition coefficient (Wildman–Crippen LogP) is 3.43. The molecule has 0 aliphatic heterocycles. The summed E-state index contributed by atoms with van der Waals surface area (Å²) < 4.78 is 0. The third-order valence-electron chi connectivity index (χ3n) is 5.06. The highest BCUT2D eigenvalue weighted by Gasteiger charge is 2.55.